The minimum Gasteiger partial charge on any atom is -0.480 e. The van der Waals surface area contributed by atoms with Crippen molar-refractivity contribution in [3.63, 3.8) is 0 Å². The Labute approximate surface area is 131 Å². The van der Waals surface area contributed by atoms with E-state index in [1.54, 1.807) is 0 Å². The number of nitro groups is 3. The van der Waals surface area contributed by atoms with Crippen LogP contribution >= 0.6 is 0 Å². The van der Waals surface area contributed by atoms with Crippen LogP contribution in [-0.2, 0) is 9.59 Å². The van der Waals surface area contributed by atoms with Gasteiger partial charge in [-0.3, -0.25) is 39.9 Å². The van der Waals surface area contributed by atoms with Gasteiger partial charge in [-0.05, 0) is 0 Å². The molecule has 0 atom stereocenters. The zero-order chi connectivity index (χ0) is 18.4. The number of nitro benzene ring substituents is 3. The summed E-state index contributed by atoms with van der Waals surface area (Å²) in [6, 6.07) is 1.01. The second-order valence-electron chi connectivity index (χ2n) is 4.15. The van der Waals surface area contributed by atoms with E-state index >= 15 is 0 Å². The molecule has 0 unspecified atom stereocenters. The number of rotatable bonds is 8. The van der Waals surface area contributed by atoms with Gasteiger partial charge in [-0.15, -0.1) is 0 Å². The summed E-state index contributed by atoms with van der Waals surface area (Å²) < 4.78 is 0. The van der Waals surface area contributed by atoms with Crippen LogP contribution in [0.4, 0.5) is 22.7 Å². The Hall–Kier alpha value is -3.84. The summed E-state index contributed by atoms with van der Waals surface area (Å²) >= 11 is 0. The zero-order valence-electron chi connectivity index (χ0n) is 11.6. The molecule has 24 heavy (non-hydrogen) atoms. The number of carbonyl (C=O) groups is 2. The summed E-state index contributed by atoms with van der Waals surface area (Å²) in [6.45, 7) is -1.43. The second kappa shape index (κ2) is 7.43. The number of nitrogens with one attached hydrogen (secondary N) is 2. The van der Waals surface area contributed by atoms with E-state index in [-0.39, 0.29) is 0 Å². The van der Waals surface area contributed by atoms with Crippen LogP contribution in [0.15, 0.2) is 12.1 Å². The molecule has 0 saturated heterocycles. The molecule has 0 aliphatic carbocycles. The first-order valence-electron chi connectivity index (χ1n) is 5.97. The Bertz CT molecular complexity index is 696. The lowest BCUT2D eigenvalue weighted by Crippen LogP contribution is -2.34. The fourth-order valence-corrected chi connectivity index (χ4v) is 1.58. The third-order valence-electron chi connectivity index (χ3n) is 2.55. The molecule has 0 spiro atoms. The topological polar surface area (TPSA) is 208 Å². The molecule has 0 aliphatic rings. The van der Waals surface area contributed by atoms with E-state index in [9.17, 15) is 39.9 Å². The minimum atomic E-state index is -1.34. The van der Waals surface area contributed by atoms with Crippen LogP contribution in [0.3, 0.4) is 0 Å². The van der Waals surface area contributed by atoms with Gasteiger partial charge >= 0.3 is 17.3 Å². The number of hydrogen-bond acceptors (Lipinski definition) is 9. The van der Waals surface area contributed by atoms with Crippen LogP contribution in [0.25, 0.3) is 0 Å². The predicted octanol–water partition coefficient (Wildman–Crippen LogP) is 0.0239. The number of carboxylic acids is 1. The molecule has 14 heteroatoms. The van der Waals surface area contributed by atoms with E-state index in [1.165, 1.54) is 0 Å². The minimum absolute atomic E-state index is 0.504. The molecule has 1 aromatic rings. The predicted molar refractivity (Wildman–Crippen MR) is 75.5 cm³/mol. The second-order valence-corrected chi connectivity index (χ2v) is 4.15. The molecule has 14 nitrogen and oxygen atoms in total. The van der Waals surface area contributed by atoms with E-state index in [4.69, 9.17) is 5.11 Å². The Morgan fingerprint density at radius 2 is 1.46 bits per heavy atom. The van der Waals surface area contributed by atoms with E-state index < -0.39 is 62.5 Å². The van der Waals surface area contributed by atoms with Crippen LogP contribution in [0.1, 0.15) is 0 Å². The van der Waals surface area contributed by atoms with Crippen LogP contribution in [0, 0.1) is 30.3 Å². The van der Waals surface area contributed by atoms with Crippen molar-refractivity contribution in [3.05, 3.63) is 42.5 Å². The van der Waals surface area contributed by atoms with Crippen LogP contribution in [0.5, 0.6) is 0 Å². The van der Waals surface area contributed by atoms with Crippen molar-refractivity contribution >= 4 is 34.6 Å². The SMILES string of the molecule is O=C(O)CNC(=O)CNc1c([N+](=O)[O-])cc([N+](=O)[O-])cc1[N+](=O)[O-]. The normalized spacial score (nSPS) is 9.83. The van der Waals surface area contributed by atoms with Gasteiger partial charge in [0.1, 0.15) is 6.54 Å². The number of benzene rings is 1. The number of hydrogen-bond donors (Lipinski definition) is 3. The molecule has 0 radical (unpaired) electrons. The maximum absolute atomic E-state index is 11.4. The number of non-ortho nitro benzene ring substituents is 1. The van der Waals surface area contributed by atoms with E-state index in [2.05, 4.69) is 5.32 Å². The van der Waals surface area contributed by atoms with Gasteiger partial charge in [0.05, 0.1) is 33.4 Å². The average molecular weight is 343 g/mol. The van der Waals surface area contributed by atoms with Crippen LogP contribution < -0.4 is 10.6 Å². The van der Waals surface area contributed by atoms with Crippen LogP contribution in [-0.4, -0.2) is 44.8 Å². The highest BCUT2D eigenvalue weighted by Gasteiger charge is 2.30. The molecule has 1 rings (SSSR count). The molecule has 0 bridgehead atoms. The van der Waals surface area contributed by atoms with Gasteiger partial charge in [0, 0.05) is 0 Å². The van der Waals surface area contributed by atoms with Crippen LogP contribution in [0.2, 0.25) is 0 Å². The van der Waals surface area contributed by atoms with Gasteiger partial charge in [-0.2, -0.15) is 0 Å². The summed E-state index contributed by atoms with van der Waals surface area (Å²) in [5, 5.41) is 45.1. The van der Waals surface area contributed by atoms with Gasteiger partial charge in [0.2, 0.25) is 5.91 Å². The first kappa shape index (κ1) is 18.2. The molecule has 0 aliphatic heterocycles. The Kier molecular flexibility index (Phi) is 5.64. The van der Waals surface area contributed by atoms with Gasteiger partial charge in [0.15, 0.2) is 5.69 Å². The maximum atomic E-state index is 11.4. The smallest absolute Gasteiger partial charge is 0.322 e. The fraction of sp³-hybridized carbons (Fsp3) is 0.200. The van der Waals surface area contributed by atoms with Crippen molar-refractivity contribution in [2.45, 2.75) is 0 Å². The molecule has 0 saturated carbocycles. The monoisotopic (exact) mass is 343 g/mol. The Morgan fingerprint density at radius 3 is 1.83 bits per heavy atom. The Morgan fingerprint density at radius 1 is 0.958 bits per heavy atom. The number of nitrogens with zero attached hydrogens (tertiary/aromatic N) is 3. The summed E-state index contributed by atoms with van der Waals surface area (Å²) in [5.41, 5.74) is -3.51. The van der Waals surface area contributed by atoms with Crippen molar-refractivity contribution < 1.29 is 29.5 Å². The van der Waals surface area contributed by atoms with Crippen molar-refractivity contribution in [2.24, 2.45) is 0 Å². The fourth-order valence-electron chi connectivity index (χ4n) is 1.58. The highest BCUT2D eigenvalue weighted by atomic mass is 16.6. The Balaban J connectivity index is 3.17. The van der Waals surface area contributed by atoms with Gasteiger partial charge in [-0.1, -0.05) is 0 Å². The summed E-state index contributed by atoms with van der Waals surface area (Å²) in [6.07, 6.45) is 0. The lowest BCUT2D eigenvalue weighted by Gasteiger charge is -2.07. The van der Waals surface area contributed by atoms with Gasteiger partial charge in [-0.25, -0.2) is 0 Å². The first-order chi connectivity index (χ1) is 11.1. The molecule has 0 fully saturated rings. The number of carbonyl (C=O) groups excluding carboxylic acids is 1. The highest BCUT2D eigenvalue weighted by Crippen LogP contribution is 2.38. The number of carboxylic acid groups (broad SMARTS) is 1. The maximum Gasteiger partial charge on any atom is 0.322 e. The van der Waals surface area contributed by atoms with E-state index in [0.717, 1.165) is 0 Å². The quantitative estimate of drug-likeness (QED) is 0.425. The van der Waals surface area contributed by atoms with Crippen molar-refractivity contribution in [1.82, 2.24) is 5.32 Å². The third kappa shape index (κ3) is 4.58. The van der Waals surface area contributed by atoms with Gasteiger partial charge < -0.3 is 15.7 Å². The summed E-state index contributed by atoms with van der Waals surface area (Å²) in [4.78, 5) is 51.1. The molecule has 0 heterocycles. The third-order valence-corrected chi connectivity index (χ3v) is 2.55. The van der Waals surface area contributed by atoms with Gasteiger partial charge in [0.25, 0.3) is 5.69 Å². The summed E-state index contributed by atoms with van der Waals surface area (Å²) in [5.74, 6) is -2.24. The number of aliphatic carboxylic acids is 1. The number of anilines is 1. The van der Waals surface area contributed by atoms with Crippen molar-refractivity contribution in [2.75, 3.05) is 18.4 Å². The number of amides is 1. The largest absolute Gasteiger partial charge is 0.480 e. The van der Waals surface area contributed by atoms with E-state index in [0.29, 0.717) is 12.1 Å². The first-order valence-corrected chi connectivity index (χ1v) is 5.97. The molecule has 128 valence electrons. The molecule has 1 amide bonds. The zero-order valence-corrected chi connectivity index (χ0v) is 11.6. The molecule has 0 aromatic heterocycles. The van der Waals surface area contributed by atoms with Crippen molar-refractivity contribution in [3.8, 4) is 0 Å². The lowest BCUT2D eigenvalue weighted by molar-refractivity contribution is -0.401. The molecule has 1 aromatic carbocycles. The van der Waals surface area contributed by atoms with E-state index in [1.807, 2.05) is 5.32 Å². The lowest BCUT2D eigenvalue weighted by atomic mass is 10.2. The standard InChI is InChI=1S/C10H9N5O9/c16-8(11-4-9(17)18)3-12-10-6(14(21)22)1-5(13(19)20)2-7(10)15(23)24/h1-2,12H,3-4H2,(H,11,16)(H,17,18). The summed E-state index contributed by atoms with van der Waals surface area (Å²) in [7, 11) is 0. The molecule has 3 N–H and O–H groups in total. The molecular formula is C10H9N5O9. The van der Waals surface area contributed by atoms with Crippen molar-refractivity contribution in [1.29, 1.82) is 0 Å². The highest BCUT2D eigenvalue weighted by molar-refractivity contribution is 5.86. The molecular weight excluding hydrogens is 334 g/mol. The average Bonchev–Trinajstić information content (AvgIpc) is 2.49.